The fraction of sp³-hybridized carbons (Fsp3) is 0.769. The fourth-order valence-corrected chi connectivity index (χ4v) is 1.72. The van der Waals surface area contributed by atoms with Crippen LogP contribution in [0.2, 0.25) is 0 Å². The molecule has 0 spiro atoms. The van der Waals surface area contributed by atoms with Crippen molar-refractivity contribution in [2.45, 2.75) is 54.0 Å². The molecule has 0 saturated carbocycles. The molecular weight excluding hydrogens is 230 g/mol. The lowest BCUT2D eigenvalue weighted by molar-refractivity contribution is 0.0518. The zero-order valence-corrected chi connectivity index (χ0v) is 12.0. The summed E-state index contributed by atoms with van der Waals surface area (Å²) in [5, 5.41) is 7.89. The van der Waals surface area contributed by atoms with E-state index in [0.29, 0.717) is 17.7 Å². The van der Waals surface area contributed by atoms with Crippen LogP contribution in [0.25, 0.3) is 0 Å². The fourth-order valence-electron chi connectivity index (χ4n) is 1.72. The molecule has 0 saturated heterocycles. The molecule has 1 aromatic rings. The highest BCUT2D eigenvalue weighted by atomic mass is 16.5. The Morgan fingerprint density at radius 1 is 1.39 bits per heavy atom. The van der Waals surface area contributed by atoms with Crippen LogP contribution in [0.1, 0.15) is 56.7 Å². The average Bonchev–Trinajstić information content (AvgIpc) is 2.59. The van der Waals surface area contributed by atoms with Gasteiger partial charge in [-0.1, -0.05) is 26.0 Å². The quantitative estimate of drug-likeness (QED) is 0.757. The molecule has 0 aromatic carbocycles. The van der Waals surface area contributed by atoms with E-state index in [4.69, 9.17) is 4.74 Å². The van der Waals surface area contributed by atoms with Crippen molar-refractivity contribution in [2.24, 2.45) is 5.41 Å². The molecule has 18 heavy (non-hydrogen) atoms. The van der Waals surface area contributed by atoms with Crippen LogP contribution in [0, 0.1) is 12.3 Å². The molecule has 0 fully saturated rings. The summed E-state index contributed by atoms with van der Waals surface area (Å²) in [5.41, 5.74) is 1.42. The minimum absolute atomic E-state index is 0.318. The Morgan fingerprint density at radius 2 is 2.06 bits per heavy atom. The van der Waals surface area contributed by atoms with Crippen LogP contribution < -0.4 is 0 Å². The average molecular weight is 253 g/mol. The normalized spacial score (nSPS) is 11.6. The molecule has 0 bridgehead atoms. The Hall–Kier alpha value is -1.39. The molecule has 0 radical (unpaired) electrons. The molecule has 0 aliphatic rings. The molecule has 0 atom stereocenters. The number of hydrogen-bond donors (Lipinski definition) is 0. The number of carbonyl (C=O) groups excluding carboxylic acids is 1. The second kappa shape index (κ2) is 5.98. The van der Waals surface area contributed by atoms with Gasteiger partial charge in [0.25, 0.3) is 0 Å². The number of hydrogen-bond acceptors (Lipinski definition) is 4. The van der Waals surface area contributed by atoms with Crippen LogP contribution in [-0.4, -0.2) is 27.6 Å². The van der Waals surface area contributed by atoms with Crippen LogP contribution in [0.15, 0.2) is 0 Å². The molecular formula is C13H23N3O2. The number of esters is 1. The summed E-state index contributed by atoms with van der Waals surface area (Å²) >= 11 is 0. The molecule has 1 rings (SSSR count). The van der Waals surface area contributed by atoms with Crippen LogP contribution >= 0.6 is 0 Å². The Balaban J connectivity index is 2.61. The first-order valence-electron chi connectivity index (χ1n) is 6.42. The minimum atomic E-state index is -0.392. The number of ether oxygens (including phenoxy) is 1. The van der Waals surface area contributed by atoms with Gasteiger partial charge < -0.3 is 4.74 Å². The van der Waals surface area contributed by atoms with Crippen LogP contribution in [-0.2, 0) is 11.3 Å². The zero-order chi connectivity index (χ0) is 13.8. The van der Waals surface area contributed by atoms with E-state index < -0.39 is 5.97 Å². The second-order valence-electron chi connectivity index (χ2n) is 5.63. The van der Waals surface area contributed by atoms with Gasteiger partial charge in [-0.15, -0.1) is 5.10 Å². The first-order valence-corrected chi connectivity index (χ1v) is 6.42. The van der Waals surface area contributed by atoms with Gasteiger partial charge in [-0.05, 0) is 32.1 Å². The zero-order valence-electron chi connectivity index (χ0n) is 12.0. The maximum Gasteiger partial charge on any atom is 0.360 e. The van der Waals surface area contributed by atoms with Crippen molar-refractivity contribution in [1.29, 1.82) is 0 Å². The minimum Gasteiger partial charge on any atom is -0.461 e. The van der Waals surface area contributed by atoms with Crippen molar-refractivity contribution in [3.63, 3.8) is 0 Å². The van der Waals surface area contributed by atoms with Crippen molar-refractivity contribution in [3.05, 3.63) is 11.4 Å². The third-order valence-corrected chi connectivity index (χ3v) is 2.75. The van der Waals surface area contributed by atoms with Crippen molar-refractivity contribution in [3.8, 4) is 0 Å². The van der Waals surface area contributed by atoms with E-state index in [9.17, 15) is 4.79 Å². The van der Waals surface area contributed by atoms with Gasteiger partial charge in [0.1, 0.15) is 0 Å². The third kappa shape index (κ3) is 4.13. The van der Waals surface area contributed by atoms with E-state index >= 15 is 0 Å². The maximum absolute atomic E-state index is 11.6. The van der Waals surface area contributed by atoms with E-state index in [1.165, 1.54) is 0 Å². The summed E-state index contributed by atoms with van der Waals surface area (Å²) in [5.74, 6) is -0.392. The lowest BCUT2D eigenvalue weighted by Crippen LogP contribution is -2.10. The summed E-state index contributed by atoms with van der Waals surface area (Å²) in [4.78, 5) is 11.6. The molecule has 5 heteroatoms. The van der Waals surface area contributed by atoms with Crippen LogP contribution in [0.4, 0.5) is 0 Å². The molecule has 102 valence electrons. The molecule has 1 heterocycles. The number of carbonyl (C=O) groups is 1. The Morgan fingerprint density at radius 3 is 2.61 bits per heavy atom. The lowest BCUT2D eigenvalue weighted by Gasteiger charge is -2.17. The number of nitrogens with zero attached hydrogens (tertiary/aromatic N) is 3. The number of aryl methyl sites for hydroxylation is 1. The SMILES string of the molecule is CCOC(=O)c1nnn(CCCC(C)(C)C)c1C. The van der Waals surface area contributed by atoms with Crippen molar-refractivity contribution in [1.82, 2.24) is 15.0 Å². The predicted molar refractivity (Wildman–Crippen MR) is 69.4 cm³/mol. The van der Waals surface area contributed by atoms with E-state index in [0.717, 1.165) is 25.1 Å². The van der Waals surface area contributed by atoms with Crippen LogP contribution in [0.3, 0.4) is 0 Å². The number of rotatable bonds is 5. The molecule has 5 nitrogen and oxygen atoms in total. The van der Waals surface area contributed by atoms with Gasteiger partial charge in [0.15, 0.2) is 5.69 Å². The smallest absolute Gasteiger partial charge is 0.360 e. The Labute approximate surface area is 109 Å². The summed E-state index contributed by atoms with van der Waals surface area (Å²) in [6, 6.07) is 0. The molecule has 0 aliphatic carbocycles. The second-order valence-corrected chi connectivity index (χ2v) is 5.63. The maximum atomic E-state index is 11.6. The standard InChI is InChI=1S/C13H23N3O2/c1-6-18-12(17)11-10(2)16(15-14-11)9-7-8-13(3,4)5/h6-9H2,1-5H3. The molecule has 0 N–H and O–H groups in total. The summed E-state index contributed by atoms with van der Waals surface area (Å²) in [7, 11) is 0. The van der Waals surface area contributed by atoms with Gasteiger partial charge in [0, 0.05) is 6.54 Å². The van der Waals surface area contributed by atoms with Crippen LogP contribution in [0.5, 0.6) is 0 Å². The summed E-state index contributed by atoms with van der Waals surface area (Å²) in [6.45, 7) is 11.4. The third-order valence-electron chi connectivity index (χ3n) is 2.75. The highest BCUT2D eigenvalue weighted by molar-refractivity contribution is 5.88. The van der Waals surface area contributed by atoms with Gasteiger partial charge in [-0.3, -0.25) is 0 Å². The van der Waals surface area contributed by atoms with Gasteiger partial charge in [-0.25, -0.2) is 9.48 Å². The van der Waals surface area contributed by atoms with Crippen molar-refractivity contribution < 1.29 is 9.53 Å². The largest absolute Gasteiger partial charge is 0.461 e. The Kier molecular flexibility index (Phi) is 4.87. The molecule has 0 unspecified atom stereocenters. The topological polar surface area (TPSA) is 57.0 Å². The van der Waals surface area contributed by atoms with Gasteiger partial charge >= 0.3 is 5.97 Å². The van der Waals surface area contributed by atoms with Crippen molar-refractivity contribution >= 4 is 5.97 Å². The highest BCUT2D eigenvalue weighted by Gasteiger charge is 2.17. The molecule has 0 aliphatic heterocycles. The number of aromatic nitrogens is 3. The van der Waals surface area contributed by atoms with E-state index in [-0.39, 0.29) is 0 Å². The Bertz CT molecular complexity index is 405. The predicted octanol–water partition coefficient (Wildman–Crippen LogP) is 2.59. The first kappa shape index (κ1) is 14.7. The van der Waals surface area contributed by atoms with E-state index in [2.05, 4.69) is 31.1 Å². The van der Waals surface area contributed by atoms with E-state index in [1.807, 2.05) is 6.92 Å². The van der Waals surface area contributed by atoms with Gasteiger partial charge in [0.2, 0.25) is 0 Å². The van der Waals surface area contributed by atoms with Crippen molar-refractivity contribution in [2.75, 3.05) is 6.61 Å². The first-order chi connectivity index (χ1) is 8.35. The lowest BCUT2D eigenvalue weighted by atomic mass is 9.91. The van der Waals surface area contributed by atoms with Gasteiger partial charge in [0.05, 0.1) is 12.3 Å². The molecule has 1 aromatic heterocycles. The summed E-state index contributed by atoms with van der Waals surface area (Å²) < 4.78 is 6.70. The van der Waals surface area contributed by atoms with E-state index in [1.54, 1.807) is 11.6 Å². The monoisotopic (exact) mass is 253 g/mol. The molecule has 0 amide bonds. The highest BCUT2D eigenvalue weighted by Crippen LogP contribution is 2.21. The van der Waals surface area contributed by atoms with Gasteiger partial charge in [-0.2, -0.15) is 0 Å². The summed E-state index contributed by atoms with van der Waals surface area (Å²) in [6.07, 6.45) is 2.14.